The van der Waals surface area contributed by atoms with Gasteiger partial charge in [0, 0.05) is 6.07 Å². The van der Waals surface area contributed by atoms with E-state index in [2.05, 4.69) is 15.0 Å². The van der Waals surface area contributed by atoms with Crippen molar-refractivity contribution in [3.8, 4) is 10.6 Å². The first-order valence-corrected chi connectivity index (χ1v) is 5.28. The Morgan fingerprint density at radius 3 is 2.64 bits per heavy atom. The van der Waals surface area contributed by atoms with Crippen molar-refractivity contribution in [2.75, 3.05) is 0 Å². The Bertz CT molecular complexity index is 467. The lowest BCUT2D eigenvalue weighted by Gasteiger charge is -1.96. The molecule has 0 unspecified atom stereocenters. The third kappa shape index (κ3) is 1.76. The molecule has 3 nitrogen and oxygen atoms in total. The van der Waals surface area contributed by atoms with Crippen LogP contribution in [0.4, 0.5) is 0 Å². The van der Waals surface area contributed by atoms with Crippen LogP contribution in [0.15, 0.2) is 12.4 Å². The summed E-state index contributed by atoms with van der Waals surface area (Å²) in [7, 11) is 0. The zero-order valence-corrected chi connectivity index (χ0v) is 9.35. The Hall–Kier alpha value is -1.00. The van der Waals surface area contributed by atoms with Gasteiger partial charge in [-0.3, -0.25) is 0 Å². The SMILES string of the molecule is Cc1nc(C)c(-c2cc(Cl)ncn2)s1. The summed E-state index contributed by atoms with van der Waals surface area (Å²) in [6.45, 7) is 3.94. The van der Waals surface area contributed by atoms with Crippen molar-refractivity contribution in [1.29, 1.82) is 0 Å². The quantitative estimate of drug-likeness (QED) is 0.701. The fraction of sp³-hybridized carbons (Fsp3) is 0.222. The Morgan fingerprint density at radius 1 is 1.29 bits per heavy atom. The van der Waals surface area contributed by atoms with Crippen LogP contribution in [-0.4, -0.2) is 15.0 Å². The molecule has 0 radical (unpaired) electrons. The molecule has 0 saturated carbocycles. The zero-order chi connectivity index (χ0) is 10.1. The highest BCUT2D eigenvalue weighted by Gasteiger charge is 2.08. The molecule has 0 bridgehead atoms. The van der Waals surface area contributed by atoms with Crippen LogP contribution in [0.2, 0.25) is 5.15 Å². The minimum absolute atomic E-state index is 0.459. The molecule has 72 valence electrons. The minimum atomic E-state index is 0.459. The summed E-state index contributed by atoms with van der Waals surface area (Å²) >= 11 is 7.40. The summed E-state index contributed by atoms with van der Waals surface area (Å²) in [6, 6.07) is 1.75. The van der Waals surface area contributed by atoms with Gasteiger partial charge in [0.15, 0.2) is 0 Å². The van der Waals surface area contributed by atoms with Crippen LogP contribution in [0.1, 0.15) is 10.7 Å². The van der Waals surface area contributed by atoms with Gasteiger partial charge in [-0.1, -0.05) is 11.6 Å². The largest absolute Gasteiger partial charge is 0.246 e. The predicted molar refractivity (Wildman–Crippen MR) is 57.6 cm³/mol. The lowest BCUT2D eigenvalue weighted by molar-refractivity contribution is 1.16. The maximum absolute atomic E-state index is 5.79. The van der Waals surface area contributed by atoms with Crippen LogP contribution >= 0.6 is 22.9 Å². The number of hydrogen-bond donors (Lipinski definition) is 0. The molecule has 0 aliphatic rings. The molecule has 0 aromatic carbocycles. The van der Waals surface area contributed by atoms with Crippen LogP contribution in [0.5, 0.6) is 0 Å². The van der Waals surface area contributed by atoms with Crippen molar-refractivity contribution >= 4 is 22.9 Å². The zero-order valence-electron chi connectivity index (χ0n) is 7.78. The van der Waals surface area contributed by atoms with Gasteiger partial charge in [-0.2, -0.15) is 0 Å². The Labute approximate surface area is 90.8 Å². The molecule has 2 heterocycles. The van der Waals surface area contributed by atoms with Crippen molar-refractivity contribution in [2.45, 2.75) is 13.8 Å². The fourth-order valence-corrected chi connectivity index (χ4v) is 2.26. The summed E-state index contributed by atoms with van der Waals surface area (Å²) in [5.41, 5.74) is 1.83. The topological polar surface area (TPSA) is 38.7 Å². The Balaban J connectivity index is 2.54. The van der Waals surface area contributed by atoms with Crippen LogP contribution in [0.25, 0.3) is 10.6 Å². The van der Waals surface area contributed by atoms with Crippen molar-refractivity contribution in [3.63, 3.8) is 0 Å². The molecule has 2 aromatic heterocycles. The molecule has 0 aliphatic carbocycles. The summed E-state index contributed by atoms with van der Waals surface area (Å²) in [5.74, 6) is 0. The van der Waals surface area contributed by atoms with E-state index in [-0.39, 0.29) is 0 Å². The second kappa shape index (κ2) is 3.63. The molecular formula is C9H8ClN3S. The molecule has 2 rings (SSSR count). The predicted octanol–water partition coefficient (Wildman–Crippen LogP) is 2.87. The van der Waals surface area contributed by atoms with Crippen molar-refractivity contribution in [1.82, 2.24) is 15.0 Å². The summed E-state index contributed by atoms with van der Waals surface area (Å²) in [5, 5.41) is 1.49. The van der Waals surface area contributed by atoms with E-state index >= 15 is 0 Å². The number of aryl methyl sites for hydroxylation is 2. The molecule has 14 heavy (non-hydrogen) atoms. The second-order valence-electron chi connectivity index (χ2n) is 2.87. The van der Waals surface area contributed by atoms with E-state index in [0.29, 0.717) is 5.15 Å². The highest BCUT2D eigenvalue weighted by atomic mass is 35.5. The average Bonchev–Trinajstić information content (AvgIpc) is 2.45. The van der Waals surface area contributed by atoms with E-state index in [1.807, 2.05) is 13.8 Å². The van der Waals surface area contributed by atoms with Crippen molar-refractivity contribution in [3.05, 3.63) is 28.2 Å². The number of nitrogens with zero attached hydrogens (tertiary/aromatic N) is 3. The third-order valence-electron chi connectivity index (χ3n) is 1.77. The molecule has 0 N–H and O–H groups in total. The molecule has 0 amide bonds. The highest BCUT2D eigenvalue weighted by Crippen LogP contribution is 2.28. The Morgan fingerprint density at radius 2 is 2.07 bits per heavy atom. The molecule has 0 spiro atoms. The van der Waals surface area contributed by atoms with Crippen molar-refractivity contribution < 1.29 is 0 Å². The maximum atomic E-state index is 5.79. The van der Waals surface area contributed by atoms with Gasteiger partial charge in [0.25, 0.3) is 0 Å². The lowest BCUT2D eigenvalue weighted by Crippen LogP contribution is -1.84. The number of rotatable bonds is 1. The van der Waals surface area contributed by atoms with Crippen LogP contribution in [-0.2, 0) is 0 Å². The molecule has 2 aromatic rings. The maximum Gasteiger partial charge on any atom is 0.133 e. The number of halogens is 1. The third-order valence-corrected chi connectivity index (χ3v) is 3.07. The smallest absolute Gasteiger partial charge is 0.133 e. The van der Waals surface area contributed by atoms with E-state index in [1.165, 1.54) is 6.33 Å². The Kier molecular flexibility index (Phi) is 2.48. The first-order valence-electron chi connectivity index (χ1n) is 4.09. The standard InChI is InChI=1S/C9H8ClN3S/c1-5-9(14-6(2)13-5)7-3-8(10)12-4-11-7/h3-4H,1-2H3. The monoisotopic (exact) mass is 225 g/mol. The van der Waals surface area contributed by atoms with Crippen molar-refractivity contribution in [2.24, 2.45) is 0 Å². The second-order valence-corrected chi connectivity index (χ2v) is 4.46. The molecule has 0 atom stereocenters. The first-order chi connectivity index (χ1) is 6.66. The van der Waals surface area contributed by atoms with Gasteiger partial charge in [-0.15, -0.1) is 11.3 Å². The van der Waals surface area contributed by atoms with Gasteiger partial charge < -0.3 is 0 Å². The summed E-state index contributed by atoms with van der Waals surface area (Å²) < 4.78 is 0. The van der Waals surface area contributed by atoms with E-state index in [1.54, 1.807) is 17.4 Å². The van der Waals surface area contributed by atoms with E-state index in [9.17, 15) is 0 Å². The molecule has 0 aliphatic heterocycles. The molecule has 0 fully saturated rings. The van der Waals surface area contributed by atoms with E-state index in [4.69, 9.17) is 11.6 Å². The van der Waals surface area contributed by atoms with Crippen LogP contribution in [0, 0.1) is 13.8 Å². The summed E-state index contributed by atoms with van der Waals surface area (Å²) in [4.78, 5) is 13.4. The number of thiazole rings is 1. The van der Waals surface area contributed by atoms with Gasteiger partial charge in [-0.25, -0.2) is 15.0 Å². The van der Waals surface area contributed by atoms with Crippen LogP contribution < -0.4 is 0 Å². The van der Waals surface area contributed by atoms with Gasteiger partial charge >= 0.3 is 0 Å². The van der Waals surface area contributed by atoms with E-state index < -0.39 is 0 Å². The molecular weight excluding hydrogens is 218 g/mol. The average molecular weight is 226 g/mol. The van der Waals surface area contributed by atoms with Gasteiger partial charge in [-0.05, 0) is 13.8 Å². The fourth-order valence-electron chi connectivity index (χ4n) is 1.23. The molecule has 0 saturated heterocycles. The lowest BCUT2D eigenvalue weighted by atomic mass is 10.3. The van der Waals surface area contributed by atoms with E-state index in [0.717, 1.165) is 21.3 Å². The summed E-state index contributed by atoms with van der Waals surface area (Å²) in [6.07, 6.45) is 1.46. The number of hydrogen-bond acceptors (Lipinski definition) is 4. The molecule has 5 heteroatoms. The number of aromatic nitrogens is 3. The minimum Gasteiger partial charge on any atom is -0.246 e. The van der Waals surface area contributed by atoms with Gasteiger partial charge in [0.05, 0.1) is 21.3 Å². The first kappa shape index (κ1) is 9.55. The van der Waals surface area contributed by atoms with Crippen LogP contribution in [0.3, 0.4) is 0 Å². The highest BCUT2D eigenvalue weighted by molar-refractivity contribution is 7.15. The van der Waals surface area contributed by atoms with Gasteiger partial charge in [0.2, 0.25) is 0 Å². The normalized spacial score (nSPS) is 10.5. The van der Waals surface area contributed by atoms with Gasteiger partial charge in [0.1, 0.15) is 11.5 Å².